The van der Waals surface area contributed by atoms with E-state index < -0.39 is 41.9 Å². The van der Waals surface area contributed by atoms with Gasteiger partial charge in [0.1, 0.15) is 12.1 Å². The zero-order valence-electron chi connectivity index (χ0n) is 31.1. The Labute approximate surface area is 308 Å². The van der Waals surface area contributed by atoms with Crippen molar-refractivity contribution in [1.29, 1.82) is 0 Å². The molecule has 2 unspecified atom stereocenters. The SMILES string of the molecule is CCCCCCCCCCCC(=O)OC(=O)CCC(N)C(=O)OC(=O)CCCCCCCCCCC.NCCCCC(N)C(=O)O.[H-].[Na+]. The van der Waals surface area contributed by atoms with E-state index in [0.717, 1.165) is 38.5 Å². The van der Waals surface area contributed by atoms with E-state index in [0.29, 0.717) is 25.8 Å². The van der Waals surface area contributed by atoms with Crippen LogP contribution in [0.15, 0.2) is 0 Å². The Balaban J connectivity index is -0.000000694. The summed E-state index contributed by atoms with van der Waals surface area (Å²) in [5, 5.41) is 8.33. The zero-order chi connectivity index (χ0) is 34.8. The Bertz CT molecular complexity index is 808. The van der Waals surface area contributed by atoms with Crippen LogP contribution in [0.2, 0.25) is 0 Å². The van der Waals surface area contributed by atoms with E-state index in [2.05, 4.69) is 13.8 Å². The number of hydrogen-bond donors (Lipinski definition) is 4. The van der Waals surface area contributed by atoms with E-state index in [1.165, 1.54) is 77.0 Å². The third kappa shape index (κ3) is 37.3. The molecule has 0 aromatic carbocycles. The van der Waals surface area contributed by atoms with Crippen molar-refractivity contribution in [3.63, 3.8) is 0 Å². The topological polar surface area (TPSA) is 202 Å². The normalized spacial score (nSPS) is 11.8. The van der Waals surface area contributed by atoms with Crippen molar-refractivity contribution in [3.05, 3.63) is 0 Å². The number of nitrogens with two attached hydrogens (primary N) is 3. The van der Waals surface area contributed by atoms with Crippen LogP contribution in [-0.4, -0.2) is 53.6 Å². The molecule has 0 saturated heterocycles. The van der Waals surface area contributed by atoms with Gasteiger partial charge in [-0.25, -0.2) is 4.79 Å². The number of carboxylic acid groups (broad SMARTS) is 1. The van der Waals surface area contributed by atoms with Gasteiger partial charge in [0.2, 0.25) is 0 Å². The second-order valence-corrected chi connectivity index (χ2v) is 12.2. The average molecular weight is 682 g/mol. The molecule has 47 heavy (non-hydrogen) atoms. The third-order valence-electron chi connectivity index (χ3n) is 7.66. The molecule has 0 aromatic rings. The van der Waals surface area contributed by atoms with Crippen molar-refractivity contribution >= 4 is 29.8 Å². The molecule has 11 nitrogen and oxygen atoms in total. The van der Waals surface area contributed by atoms with Crippen molar-refractivity contribution in [2.75, 3.05) is 6.54 Å². The van der Waals surface area contributed by atoms with Crippen molar-refractivity contribution in [1.82, 2.24) is 0 Å². The van der Waals surface area contributed by atoms with Gasteiger partial charge >= 0.3 is 59.4 Å². The Morgan fingerprint density at radius 2 is 0.915 bits per heavy atom. The number of hydrogen-bond acceptors (Lipinski definition) is 10. The van der Waals surface area contributed by atoms with Gasteiger partial charge in [-0.3, -0.25) is 19.2 Å². The monoisotopic (exact) mass is 681 g/mol. The summed E-state index contributed by atoms with van der Waals surface area (Å²) in [5.41, 5.74) is 16.2. The van der Waals surface area contributed by atoms with Crippen LogP contribution in [0.3, 0.4) is 0 Å². The molecule has 0 saturated carbocycles. The van der Waals surface area contributed by atoms with Crippen LogP contribution in [0, 0.1) is 0 Å². The van der Waals surface area contributed by atoms with Crippen molar-refractivity contribution in [2.24, 2.45) is 17.2 Å². The van der Waals surface area contributed by atoms with Crippen LogP contribution in [0.25, 0.3) is 0 Å². The van der Waals surface area contributed by atoms with Gasteiger partial charge in [-0.1, -0.05) is 123 Å². The molecule has 0 aliphatic rings. The number of ether oxygens (including phenoxy) is 2. The predicted octanol–water partition coefficient (Wildman–Crippen LogP) is 3.72. The molecule has 2 atom stereocenters. The largest absolute Gasteiger partial charge is 1.00 e. The maximum absolute atomic E-state index is 12.0. The quantitative estimate of drug-likeness (QED) is 0.0388. The zero-order valence-corrected chi connectivity index (χ0v) is 32.1. The number of esters is 4. The minimum Gasteiger partial charge on any atom is -1.00 e. The summed E-state index contributed by atoms with van der Waals surface area (Å²) < 4.78 is 9.58. The van der Waals surface area contributed by atoms with Crippen molar-refractivity contribution in [3.8, 4) is 0 Å². The van der Waals surface area contributed by atoms with Crippen LogP contribution in [0.5, 0.6) is 0 Å². The van der Waals surface area contributed by atoms with Crippen molar-refractivity contribution in [2.45, 2.75) is 186 Å². The molecular weight excluding hydrogens is 613 g/mol. The van der Waals surface area contributed by atoms with Crippen molar-refractivity contribution < 1.29 is 69.5 Å². The summed E-state index contributed by atoms with van der Waals surface area (Å²) in [6.45, 7) is 5.01. The van der Waals surface area contributed by atoms with Gasteiger partial charge < -0.3 is 33.2 Å². The molecule has 0 aromatic heterocycles. The van der Waals surface area contributed by atoms with Gasteiger partial charge in [0, 0.05) is 19.3 Å². The number of carbonyl (C=O) groups excluding carboxylic acids is 4. The van der Waals surface area contributed by atoms with E-state index >= 15 is 0 Å². The van der Waals surface area contributed by atoms with Crippen LogP contribution >= 0.6 is 0 Å². The Kier molecular flexibility index (Phi) is 39.8. The Morgan fingerprint density at radius 1 is 0.532 bits per heavy atom. The molecule has 0 aliphatic heterocycles. The summed E-state index contributed by atoms with van der Waals surface area (Å²) in [5.74, 6) is -3.62. The summed E-state index contributed by atoms with van der Waals surface area (Å²) >= 11 is 0. The number of rotatable bonds is 29. The molecule has 0 heterocycles. The molecule has 7 N–H and O–H groups in total. The summed E-state index contributed by atoms with van der Waals surface area (Å²) in [6, 6.07) is -1.82. The number of unbranched alkanes of at least 4 members (excludes halogenated alkanes) is 17. The molecule has 12 heteroatoms. The standard InChI is InChI=1S/C29H53NO6.C6H14N2O2.Na.H/c1-3-5-7-9-11-13-15-17-19-21-26(31)35-28(33)24-23-25(30)29(34)36-27(32)22-20-18-16-14-12-10-8-6-4-2;7-4-2-1-3-5(8)6(9)10;;/h25H,3-24,30H2,1-2H3;5H,1-4,7-8H2,(H,9,10);;/q;;+1;-1. The molecular formula is C35H68N3NaO8. The fourth-order valence-electron chi connectivity index (χ4n) is 4.65. The first-order valence-corrected chi connectivity index (χ1v) is 18.0. The number of carboxylic acids is 1. The van der Waals surface area contributed by atoms with Gasteiger partial charge in [-0.15, -0.1) is 0 Å². The fraction of sp³-hybridized carbons (Fsp3) is 0.857. The molecule has 0 fully saturated rings. The van der Waals surface area contributed by atoms with Crippen LogP contribution in [0.1, 0.15) is 176 Å². The van der Waals surface area contributed by atoms with E-state index in [-0.39, 0.29) is 56.7 Å². The molecule has 0 amide bonds. The van der Waals surface area contributed by atoms with Gasteiger partial charge in [0.15, 0.2) is 0 Å². The van der Waals surface area contributed by atoms with E-state index in [1.54, 1.807) is 0 Å². The maximum Gasteiger partial charge on any atom is 1.00 e. The third-order valence-corrected chi connectivity index (χ3v) is 7.66. The predicted molar refractivity (Wildman–Crippen MR) is 183 cm³/mol. The minimum absolute atomic E-state index is 0. The van der Waals surface area contributed by atoms with Crippen LogP contribution in [-0.2, 0) is 33.4 Å². The van der Waals surface area contributed by atoms with Gasteiger partial charge in [0.05, 0.1) is 0 Å². The number of aliphatic carboxylic acids is 1. The molecule has 0 aliphatic carbocycles. The van der Waals surface area contributed by atoms with E-state index in [9.17, 15) is 24.0 Å². The second kappa shape index (κ2) is 37.4. The molecule has 0 spiro atoms. The molecule has 272 valence electrons. The van der Waals surface area contributed by atoms with Crippen LogP contribution < -0.4 is 46.8 Å². The maximum atomic E-state index is 12.0. The second-order valence-electron chi connectivity index (χ2n) is 12.2. The first kappa shape index (κ1) is 50.0. The smallest absolute Gasteiger partial charge is 1.00 e. The van der Waals surface area contributed by atoms with Gasteiger partial charge in [-0.05, 0) is 38.6 Å². The first-order chi connectivity index (χ1) is 22.1. The van der Waals surface area contributed by atoms with Gasteiger partial charge in [-0.2, -0.15) is 0 Å². The van der Waals surface area contributed by atoms with Gasteiger partial charge in [0.25, 0.3) is 0 Å². The van der Waals surface area contributed by atoms with Crippen LogP contribution in [0.4, 0.5) is 0 Å². The summed E-state index contributed by atoms with van der Waals surface area (Å²) in [6.07, 6.45) is 22.8. The Morgan fingerprint density at radius 3 is 1.32 bits per heavy atom. The number of carbonyl (C=O) groups is 5. The van der Waals surface area contributed by atoms with E-state index in [4.69, 9.17) is 31.8 Å². The Hall–Kier alpha value is -1.37. The minimum atomic E-state index is -1.10. The fourth-order valence-corrected chi connectivity index (χ4v) is 4.65. The molecule has 0 rings (SSSR count). The van der Waals surface area contributed by atoms with E-state index in [1.807, 2.05) is 0 Å². The molecule has 0 bridgehead atoms. The summed E-state index contributed by atoms with van der Waals surface area (Å²) in [7, 11) is 0. The first-order valence-electron chi connectivity index (χ1n) is 18.0. The molecule has 0 radical (unpaired) electrons. The summed E-state index contributed by atoms with van der Waals surface area (Å²) in [4.78, 5) is 57.6. The average Bonchev–Trinajstić information content (AvgIpc) is 3.02.